The number of ether oxygens (including phenoxy) is 1. The minimum absolute atomic E-state index is 0.00994. The zero-order chi connectivity index (χ0) is 19.7. The second-order valence-electron chi connectivity index (χ2n) is 6.23. The number of amides is 1. The van der Waals surface area contributed by atoms with Crippen LogP contribution in [-0.2, 0) is 16.0 Å². The highest BCUT2D eigenvalue weighted by Gasteiger charge is 2.31. The Morgan fingerprint density at radius 1 is 1.07 bits per heavy atom. The number of hydrogen-bond donors (Lipinski definition) is 1. The molecule has 1 saturated heterocycles. The maximum Gasteiger partial charge on any atom is 0.416 e. The van der Waals surface area contributed by atoms with Crippen LogP contribution in [0.3, 0.4) is 0 Å². The molecule has 3 rings (SSSR count). The van der Waals surface area contributed by atoms with Crippen LogP contribution in [-0.4, -0.2) is 31.9 Å². The second kappa shape index (κ2) is 7.22. The van der Waals surface area contributed by atoms with Crippen molar-refractivity contribution in [2.24, 2.45) is 0 Å². The van der Waals surface area contributed by atoms with Crippen molar-refractivity contribution in [1.29, 1.82) is 0 Å². The van der Waals surface area contributed by atoms with Gasteiger partial charge in [0.05, 0.1) is 17.1 Å². The Morgan fingerprint density at radius 2 is 1.74 bits per heavy atom. The van der Waals surface area contributed by atoms with Gasteiger partial charge in [0.1, 0.15) is 11.5 Å². The van der Waals surface area contributed by atoms with Gasteiger partial charge in [0.2, 0.25) is 0 Å². The van der Waals surface area contributed by atoms with Crippen LogP contribution in [0, 0.1) is 0 Å². The summed E-state index contributed by atoms with van der Waals surface area (Å²) < 4.78 is 66.7. The molecule has 0 spiro atoms. The molecule has 1 heterocycles. The lowest BCUT2D eigenvalue weighted by Gasteiger charge is -2.12. The fourth-order valence-electron chi connectivity index (χ4n) is 2.75. The van der Waals surface area contributed by atoms with Gasteiger partial charge in [0.25, 0.3) is 5.91 Å². The highest BCUT2D eigenvalue weighted by Crippen LogP contribution is 2.32. The Morgan fingerprint density at radius 3 is 2.37 bits per heavy atom. The van der Waals surface area contributed by atoms with Gasteiger partial charge < -0.3 is 10.1 Å². The molecule has 144 valence electrons. The molecule has 1 amide bonds. The third-order valence-corrected chi connectivity index (χ3v) is 5.83. The normalized spacial score (nSPS) is 18.9. The monoisotopic (exact) mass is 399 g/mol. The summed E-state index contributed by atoms with van der Waals surface area (Å²) in [6, 6.07) is 9.91. The SMILES string of the molecule is O=C(NC1CCS(=O)(=O)C1)c1cccc(Oc2cccc(C(F)(F)F)c2)c1. The van der Waals surface area contributed by atoms with Crippen molar-refractivity contribution >= 4 is 15.7 Å². The molecule has 1 unspecified atom stereocenters. The topological polar surface area (TPSA) is 72.5 Å². The van der Waals surface area contributed by atoms with Gasteiger partial charge in [-0.1, -0.05) is 12.1 Å². The minimum atomic E-state index is -4.48. The summed E-state index contributed by atoms with van der Waals surface area (Å²) in [4.78, 5) is 12.3. The number of benzene rings is 2. The lowest BCUT2D eigenvalue weighted by atomic mass is 10.1. The van der Waals surface area contributed by atoms with E-state index in [1.54, 1.807) is 0 Å². The van der Waals surface area contributed by atoms with Crippen molar-refractivity contribution in [2.75, 3.05) is 11.5 Å². The zero-order valence-corrected chi connectivity index (χ0v) is 14.8. The molecule has 0 aromatic heterocycles. The standard InChI is InChI=1S/C18H16F3NO4S/c19-18(20,21)13-4-2-6-16(10-13)26-15-5-1-3-12(9-15)17(23)22-14-7-8-27(24,25)11-14/h1-6,9-10,14H,7-8,11H2,(H,22,23). The first kappa shape index (κ1) is 19.2. The Balaban J connectivity index is 1.71. The van der Waals surface area contributed by atoms with Crippen molar-refractivity contribution < 1.29 is 31.1 Å². The van der Waals surface area contributed by atoms with Crippen LogP contribution >= 0.6 is 0 Å². The molecular formula is C18H16F3NO4S. The molecule has 1 fully saturated rings. The van der Waals surface area contributed by atoms with E-state index >= 15 is 0 Å². The number of halogens is 3. The highest BCUT2D eigenvalue weighted by atomic mass is 32.2. The Kier molecular flexibility index (Phi) is 5.14. The number of nitrogens with one attached hydrogen (secondary N) is 1. The number of carbonyl (C=O) groups is 1. The lowest BCUT2D eigenvalue weighted by molar-refractivity contribution is -0.137. The molecule has 0 radical (unpaired) electrons. The summed E-state index contributed by atoms with van der Waals surface area (Å²) in [6.45, 7) is 0. The van der Waals surface area contributed by atoms with E-state index in [1.165, 1.54) is 36.4 Å². The van der Waals surface area contributed by atoms with Gasteiger partial charge in [-0.25, -0.2) is 8.42 Å². The third-order valence-electron chi connectivity index (χ3n) is 4.06. The van der Waals surface area contributed by atoms with Crippen LogP contribution in [0.1, 0.15) is 22.3 Å². The van der Waals surface area contributed by atoms with E-state index < -0.39 is 33.5 Å². The van der Waals surface area contributed by atoms with Gasteiger partial charge >= 0.3 is 6.18 Å². The number of rotatable bonds is 4. The quantitative estimate of drug-likeness (QED) is 0.855. The van der Waals surface area contributed by atoms with Gasteiger partial charge in [-0.05, 0) is 42.8 Å². The molecule has 0 aliphatic carbocycles. The van der Waals surface area contributed by atoms with E-state index in [2.05, 4.69) is 5.32 Å². The predicted octanol–water partition coefficient (Wildman–Crippen LogP) is 3.41. The fraction of sp³-hybridized carbons (Fsp3) is 0.278. The Bertz CT molecular complexity index is 957. The van der Waals surface area contributed by atoms with Crippen molar-refractivity contribution in [3.63, 3.8) is 0 Å². The third kappa shape index (κ3) is 5.00. The highest BCUT2D eigenvalue weighted by molar-refractivity contribution is 7.91. The molecule has 2 aromatic rings. The van der Waals surface area contributed by atoms with Gasteiger partial charge in [-0.2, -0.15) is 13.2 Å². The molecule has 1 N–H and O–H groups in total. The molecule has 0 saturated carbocycles. The lowest BCUT2D eigenvalue weighted by Crippen LogP contribution is -2.35. The summed E-state index contributed by atoms with van der Waals surface area (Å²) in [5, 5.41) is 2.65. The number of hydrogen-bond acceptors (Lipinski definition) is 4. The van der Waals surface area contributed by atoms with E-state index in [0.29, 0.717) is 6.42 Å². The van der Waals surface area contributed by atoms with Crippen LogP contribution in [0.5, 0.6) is 11.5 Å². The van der Waals surface area contributed by atoms with Crippen molar-refractivity contribution in [1.82, 2.24) is 5.32 Å². The number of sulfone groups is 1. The molecule has 1 aliphatic heterocycles. The van der Waals surface area contributed by atoms with E-state index in [1.807, 2.05) is 0 Å². The van der Waals surface area contributed by atoms with Crippen LogP contribution in [0.15, 0.2) is 48.5 Å². The van der Waals surface area contributed by atoms with Crippen LogP contribution in [0.4, 0.5) is 13.2 Å². The maximum atomic E-state index is 12.8. The summed E-state index contributed by atoms with van der Waals surface area (Å²) in [5.41, 5.74) is -0.611. The van der Waals surface area contributed by atoms with Gasteiger partial charge in [-0.3, -0.25) is 4.79 Å². The molecule has 9 heteroatoms. The van der Waals surface area contributed by atoms with Crippen LogP contribution in [0.25, 0.3) is 0 Å². The zero-order valence-electron chi connectivity index (χ0n) is 14.0. The van der Waals surface area contributed by atoms with Crippen molar-refractivity contribution in [3.05, 3.63) is 59.7 Å². The summed E-state index contributed by atoms with van der Waals surface area (Å²) in [6.07, 6.45) is -4.13. The summed E-state index contributed by atoms with van der Waals surface area (Å²) >= 11 is 0. The minimum Gasteiger partial charge on any atom is -0.457 e. The first-order valence-corrected chi connectivity index (χ1v) is 9.91. The molecule has 27 heavy (non-hydrogen) atoms. The van der Waals surface area contributed by atoms with Gasteiger partial charge in [0.15, 0.2) is 9.84 Å². The number of carbonyl (C=O) groups excluding carboxylic acids is 1. The van der Waals surface area contributed by atoms with Crippen molar-refractivity contribution in [3.8, 4) is 11.5 Å². The summed E-state index contributed by atoms with van der Waals surface area (Å²) in [7, 11) is -3.12. The summed E-state index contributed by atoms with van der Waals surface area (Å²) in [5.74, 6) is -0.340. The molecular weight excluding hydrogens is 383 g/mol. The van der Waals surface area contributed by atoms with E-state index in [4.69, 9.17) is 4.74 Å². The van der Waals surface area contributed by atoms with Gasteiger partial charge in [0, 0.05) is 11.6 Å². The Hall–Kier alpha value is -2.55. The van der Waals surface area contributed by atoms with E-state index in [-0.39, 0.29) is 28.6 Å². The first-order valence-electron chi connectivity index (χ1n) is 8.09. The van der Waals surface area contributed by atoms with E-state index in [0.717, 1.165) is 12.1 Å². The molecule has 1 atom stereocenters. The van der Waals surface area contributed by atoms with Gasteiger partial charge in [-0.15, -0.1) is 0 Å². The predicted molar refractivity (Wildman–Crippen MR) is 92.5 cm³/mol. The second-order valence-corrected chi connectivity index (χ2v) is 8.46. The van der Waals surface area contributed by atoms with Crippen molar-refractivity contribution in [2.45, 2.75) is 18.6 Å². The maximum absolute atomic E-state index is 12.8. The molecule has 1 aliphatic rings. The Labute approximate surface area is 154 Å². The fourth-order valence-corrected chi connectivity index (χ4v) is 4.42. The van der Waals surface area contributed by atoms with E-state index in [9.17, 15) is 26.4 Å². The molecule has 0 bridgehead atoms. The van der Waals surface area contributed by atoms with Crippen LogP contribution < -0.4 is 10.1 Å². The molecule has 2 aromatic carbocycles. The molecule has 5 nitrogen and oxygen atoms in total. The largest absolute Gasteiger partial charge is 0.457 e. The number of alkyl halides is 3. The smallest absolute Gasteiger partial charge is 0.416 e. The van der Waals surface area contributed by atoms with Crippen LogP contribution in [0.2, 0.25) is 0 Å². The average molecular weight is 399 g/mol. The average Bonchev–Trinajstić information content (AvgIpc) is 2.93. The first-order chi connectivity index (χ1) is 12.6.